The first-order valence-electron chi connectivity index (χ1n) is 11.1. The van der Waals surface area contributed by atoms with Crippen LogP contribution in [-0.2, 0) is 0 Å². The van der Waals surface area contributed by atoms with Crippen LogP contribution in [0.1, 0.15) is 59.2 Å². The molecule has 0 saturated carbocycles. The number of thioether (sulfide) groups is 1. The topological polar surface area (TPSA) is 33.4 Å². The first kappa shape index (κ1) is 20.4. The smallest absolute Gasteiger partial charge is 0.160 e. The molecule has 4 nitrogen and oxygen atoms in total. The Morgan fingerprint density at radius 2 is 1.81 bits per heavy atom. The molecule has 0 radical (unpaired) electrons. The number of pyridine rings is 1. The quantitative estimate of drug-likeness (QED) is 0.502. The van der Waals surface area contributed by atoms with Gasteiger partial charge in [0, 0.05) is 35.1 Å². The Morgan fingerprint density at radius 3 is 2.48 bits per heavy atom. The first-order chi connectivity index (χ1) is 15.0. The predicted molar refractivity (Wildman–Crippen MR) is 130 cm³/mol. The highest BCUT2D eigenvalue weighted by molar-refractivity contribution is 8.14. The number of benzene rings is 1. The molecule has 0 N–H and O–H groups in total. The molecule has 160 valence electrons. The molecule has 0 aliphatic carbocycles. The van der Waals surface area contributed by atoms with Crippen molar-refractivity contribution in [1.82, 2.24) is 14.5 Å². The molecule has 1 saturated heterocycles. The van der Waals surface area contributed by atoms with Crippen LogP contribution >= 0.6 is 11.8 Å². The third-order valence-corrected chi connectivity index (χ3v) is 7.71. The van der Waals surface area contributed by atoms with E-state index in [2.05, 4.69) is 80.5 Å². The summed E-state index contributed by atoms with van der Waals surface area (Å²) in [6.07, 6.45) is 3.02. The van der Waals surface area contributed by atoms with Gasteiger partial charge in [-0.05, 0) is 81.1 Å². The Kier molecular flexibility index (Phi) is 5.17. The minimum Gasteiger partial charge on any atom is -0.338 e. The second kappa shape index (κ2) is 7.86. The van der Waals surface area contributed by atoms with E-state index in [-0.39, 0.29) is 12.1 Å². The molecule has 4 heterocycles. The SMILES string of the molecule is CC[C@@H]1CSC2=N[C@H](c3ccccn3)[C@H](c3cc(C)n(-c4cc(C)cc(C)c4)c3C)N21. The molecule has 0 unspecified atom stereocenters. The number of rotatable bonds is 4. The van der Waals surface area contributed by atoms with Gasteiger partial charge in [0.05, 0.1) is 11.7 Å². The summed E-state index contributed by atoms with van der Waals surface area (Å²) >= 11 is 1.90. The fraction of sp³-hybridized carbons (Fsp3) is 0.385. The maximum atomic E-state index is 5.19. The molecular formula is C26H30N4S. The minimum absolute atomic E-state index is 0.0336. The van der Waals surface area contributed by atoms with Crippen LogP contribution in [0.4, 0.5) is 0 Å². The summed E-state index contributed by atoms with van der Waals surface area (Å²) in [5.74, 6) is 1.12. The van der Waals surface area contributed by atoms with E-state index in [0.717, 1.165) is 17.9 Å². The van der Waals surface area contributed by atoms with E-state index in [4.69, 9.17) is 9.98 Å². The second-order valence-corrected chi connectivity index (χ2v) is 9.83. The van der Waals surface area contributed by atoms with Gasteiger partial charge in [0.25, 0.3) is 0 Å². The number of aliphatic imine (C=N–C) groups is 1. The van der Waals surface area contributed by atoms with E-state index < -0.39 is 0 Å². The van der Waals surface area contributed by atoms with Gasteiger partial charge in [-0.1, -0.05) is 30.8 Å². The molecule has 2 aromatic heterocycles. The van der Waals surface area contributed by atoms with Crippen molar-refractivity contribution in [2.75, 3.05) is 5.75 Å². The van der Waals surface area contributed by atoms with E-state index >= 15 is 0 Å². The summed E-state index contributed by atoms with van der Waals surface area (Å²) < 4.78 is 2.41. The summed E-state index contributed by atoms with van der Waals surface area (Å²) in [6, 6.07) is 16.1. The van der Waals surface area contributed by atoms with Crippen molar-refractivity contribution < 1.29 is 0 Å². The highest BCUT2D eigenvalue weighted by Gasteiger charge is 2.46. The van der Waals surface area contributed by atoms with Gasteiger partial charge >= 0.3 is 0 Å². The average Bonchev–Trinajstić information content (AvgIpc) is 3.39. The number of nitrogens with zero attached hydrogens (tertiary/aromatic N) is 4. The monoisotopic (exact) mass is 430 g/mol. The zero-order chi connectivity index (χ0) is 21.7. The van der Waals surface area contributed by atoms with Crippen molar-refractivity contribution in [2.45, 2.75) is 59.2 Å². The van der Waals surface area contributed by atoms with E-state index in [9.17, 15) is 0 Å². The molecule has 0 amide bonds. The molecule has 0 bridgehead atoms. The summed E-state index contributed by atoms with van der Waals surface area (Å²) in [6.45, 7) is 11.1. The Labute approximate surface area is 189 Å². The fourth-order valence-corrected chi connectivity index (χ4v) is 6.59. The molecule has 5 rings (SSSR count). The maximum Gasteiger partial charge on any atom is 0.160 e. The molecule has 2 aliphatic rings. The Balaban J connectivity index is 1.65. The van der Waals surface area contributed by atoms with Crippen molar-refractivity contribution in [3.05, 3.63) is 82.4 Å². The number of aryl methyl sites for hydroxylation is 3. The normalized spacial score (nSPS) is 22.7. The number of amidine groups is 1. The largest absolute Gasteiger partial charge is 0.338 e. The second-order valence-electron chi connectivity index (χ2n) is 8.84. The molecule has 31 heavy (non-hydrogen) atoms. The first-order valence-corrected chi connectivity index (χ1v) is 12.1. The van der Waals surface area contributed by atoms with E-state index in [1.807, 2.05) is 24.0 Å². The summed E-state index contributed by atoms with van der Waals surface area (Å²) in [4.78, 5) is 12.5. The Morgan fingerprint density at radius 1 is 1.03 bits per heavy atom. The van der Waals surface area contributed by atoms with Crippen LogP contribution in [0.15, 0.2) is 53.7 Å². The average molecular weight is 431 g/mol. The van der Waals surface area contributed by atoms with E-state index in [0.29, 0.717) is 6.04 Å². The molecule has 5 heteroatoms. The zero-order valence-corrected chi connectivity index (χ0v) is 19.8. The summed E-state index contributed by atoms with van der Waals surface area (Å²) in [7, 11) is 0. The number of hydrogen-bond acceptors (Lipinski definition) is 4. The van der Waals surface area contributed by atoms with Crippen LogP contribution in [0.25, 0.3) is 5.69 Å². The van der Waals surface area contributed by atoms with E-state index in [1.165, 1.54) is 38.9 Å². The fourth-order valence-electron chi connectivity index (χ4n) is 5.25. The number of hydrogen-bond donors (Lipinski definition) is 0. The van der Waals surface area contributed by atoms with Gasteiger partial charge in [-0.15, -0.1) is 0 Å². The molecule has 3 atom stereocenters. The van der Waals surface area contributed by atoms with Gasteiger partial charge in [0.2, 0.25) is 0 Å². The van der Waals surface area contributed by atoms with Gasteiger partial charge < -0.3 is 9.47 Å². The lowest BCUT2D eigenvalue weighted by molar-refractivity contribution is 0.254. The number of aromatic nitrogens is 2. The third kappa shape index (κ3) is 3.39. The molecular weight excluding hydrogens is 400 g/mol. The summed E-state index contributed by atoms with van der Waals surface area (Å²) in [5.41, 5.74) is 8.83. The highest BCUT2D eigenvalue weighted by Crippen LogP contribution is 2.49. The van der Waals surface area contributed by atoms with Crippen molar-refractivity contribution in [3.63, 3.8) is 0 Å². The van der Waals surface area contributed by atoms with Crippen LogP contribution in [0, 0.1) is 27.7 Å². The lowest BCUT2D eigenvalue weighted by Crippen LogP contribution is -2.35. The number of fused-ring (bicyclic) bond motifs is 1. The van der Waals surface area contributed by atoms with Gasteiger partial charge in [0.15, 0.2) is 5.17 Å². The van der Waals surface area contributed by atoms with E-state index in [1.54, 1.807) is 0 Å². The molecule has 0 spiro atoms. The van der Waals surface area contributed by atoms with Crippen LogP contribution in [0.2, 0.25) is 0 Å². The van der Waals surface area contributed by atoms with Crippen LogP contribution < -0.4 is 0 Å². The standard InChI is InChI=1S/C26H30N4S/c1-6-20-15-31-26-28-24(23-9-7-8-10-27-23)25(30(20)26)22-14-18(4)29(19(22)5)21-12-16(2)11-17(3)13-21/h7-14,20,24-25H,6,15H2,1-5H3/t20-,24-,25+/m1/s1. The van der Waals surface area contributed by atoms with Crippen molar-refractivity contribution in [1.29, 1.82) is 0 Å². The van der Waals surface area contributed by atoms with Crippen molar-refractivity contribution in [2.24, 2.45) is 4.99 Å². The molecule has 2 aliphatic heterocycles. The van der Waals surface area contributed by atoms with Gasteiger partial charge in [-0.2, -0.15) is 0 Å². The Bertz CT molecular complexity index is 1130. The van der Waals surface area contributed by atoms with Crippen LogP contribution in [0.3, 0.4) is 0 Å². The van der Waals surface area contributed by atoms with Crippen LogP contribution in [-0.4, -0.2) is 31.4 Å². The molecule has 1 fully saturated rings. The molecule has 1 aromatic carbocycles. The van der Waals surface area contributed by atoms with Crippen molar-refractivity contribution >= 4 is 16.9 Å². The highest BCUT2D eigenvalue weighted by atomic mass is 32.2. The summed E-state index contributed by atoms with van der Waals surface area (Å²) in [5, 5.41) is 1.18. The van der Waals surface area contributed by atoms with Crippen LogP contribution in [0.5, 0.6) is 0 Å². The predicted octanol–water partition coefficient (Wildman–Crippen LogP) is 6.09. The maximum absolute atomic E-state index is 5.19. The zero-order valence-electron chi connectivity index (χ0n) is 19.0. The van der Waals surface area contributed by atoms with Gasteiger partial charge in [-0.3, -0.25) is 9.98 Å². The minimum atomic E-state index is 0.0336. The third-order valence-electron chi connectivity index (χ3n) is 6.58. The Hall–Kier alpha value is -2.53. The van der Waals surface area contributed by atoms with Gasteiger partial charge in [0.1, 0.15) is 6.04 Å². The lowest BCUT2D eigenvalue weighted by Gasteiger charge is -2.32. The van der Waals surface area contributed by atoms with Gasteiger partial charge in [-0.25, -0.2) is 0 Å². The lowest BCUT2D eigenvalue weighted by atomic mass is 9.95. The van der Waals surface area contributed by atoms with Crippen molar-refractivity contribution in [3.8, 4) is 5.69 Å². The molecule has 3 aromatic rings.